The highest BCUT2D eigenvalue weighted by atomic mass is 14.8. The molecule has 0 aliphatic heterocycles. The van der Waals surface area contributed by atoms with Gasteiger partial charge in [-0.2, -0.15) is 0 Å². The summed E-state index contributed by atoms with van der Waals surface area (Å²) in [5.41, 5.74) is 11.9. The van der Waals surface area contributed by atoms with Gasteiger partial charge in [0.1, 0.15) is 0 Å². The van der Waals surface area contributed by atoms with Gasteiger partial charge in [-0.3, -0.25) is 0 Å². The van der Waals surface area contributed by atoms with E-state index in [4.69, 9.17) is 0 Å². The smallest absolute Gasteiger partial charge is 0.0449 e. The lowest BCUT2D eigenvalue weighted by Crippen LogP contribution is -2.16. The van der Waals surface area contributed by atoms with Gasteiger partial charge in [-0.1, -0.05) is 93.5 Å². The Bertz CT molecular complexity index is 1110. The zero-order chi connectivity index (χ0) is 24.7. The molecule has 4 aliphatic carbocycles. The van der Waals surface area contributed by atoms with Crippen LogP contribution in [0.1, 0.15) is 78.6 Å². The molecule has 0 saturated heterocycles. The van der Waals surface area contributed by atoms with Crippen molar-refractivity contribution in [2.24, 2.45) is 5.41 Å². The minimum atomic E-state index is 0.488. The highest BCUT2D eigenvalue weighted by Crippen LogP contribution is 2.55. The van der Waals surface area contributed by atoms with Crippen LogP contribution in [0.4, 0.5) is 0 Å². The summed E-state index contributed by atoms with van der Waals surface area (Å²) < 4.78 is 0. The molecule has 1 N–H and O–H groups in total. The van der Waals surface area contributed by atoms with E-state index in [0.29, 0.717) is 5.41 Å². The number of allylic oxidation sites excluding steroid dienone is 19. The Kier molecular flexibility index (Phi) is 8.50. The number of hydrogen-bond donors (Lipinski definition) is 1. The van der Waals surface area contributed by atoms with Gasteiger partial charge < -0.3 is 5.32 Å². The van der Waals surface area contributed by atoms with Gasteiger partial charge in [0.25, 0.3) is 0 Å². The monoisotopic (exact) mass is 465 g/mol. The number of hydrogen-bond acceptors (Lipinski definition) is 1. The second-order valence-electron chi connectivity index (χ2n) is 10.5. The molecule has 1 heteroatoms. The summed E-state index contributed by atoms with van der Waals surface area (Å²) in [6, 6.07) is 0. The molecule has 0 heterocycles. The van der Waals surface area contributed by atoms with Crippen LogP contribution >= 0.6 is 0 Å². The SMILES string of the molecule is CCC/C=C\C1=C(CC2(CC)CC2)C(NC)=C(/C=C(\C)C2=CC=CC=CC2)C2=C(C=CC=CC2)C1. The van der Waals surface area contributed by atoms with Crippen LogP contribution in [0.5, 0.6) is 0 Å². The highest BCUT2D eigenvalue weighted by molar-refractivity contribution is 5.62. The summed E-state index contributed by atoms with van der Waals surface area (Å²) in [5.74, 6) is 0. The molecule has 0 radical (unpaired) electrons. The topological polar surface area (TPSA) is 12.0 Å². The molecule has 0 atom stereocenters. The van der Waals surface area contributed by atoms with Crippen LogP contribution in [0, 0.1) is 5.41 Å². The number of nitrogens with one attached hydrogen (secondary N) is 1. The van der Waals surface area contributed by atoms with Crippen LogP contribution in [-0.4, -0.2) is 7.05 Å². The van der Waals surface area contributed by atoms with Gasteiger partial charge in [0.05, 0.1) is 0 Å². The van der Waals surface area contributed by atoms with Gasteiger partial charge in [-0.05, 0) is 96.8 Å². The molecule has 1 fully saturated rings. The van der Waals surface area contributed by atoms with Crippen molar-refractivity contribution in [3.05, 3.63) is 118 Å². The van der Waals surface area contributed by atoms with E-state index in [9.17, 15) is 0 Å². The molecule has 4 aliphatic rings. The third-order valence-corrected chi connectivity index (χ3v) is 8.06. The molecule has 35 heavy (non-hydrogen) atoms. The van der Waals surface area contributed by atoms with Crippen molar-refractivity contribution < 1.29 is 0 Å². The predicted octanol–water partition coefficient (Wildman–Crippen LogP) is 9.30. The molecule has 0 bridgehead atoms. The van der Waals surface area contributed by atoms with Crippen molar-refractivity contribution in [2.75, 3.05) is 7.05 Å². The molecular weight excluding hydrogens is 422 g/mol. The largest absolute Gasteiger partial charge is 0.387 e. The Morgan fingerprint density at radius 2 is 1.83 bits per heavy atom. The zero-order valence-corrected chi connectivity index (χ0v) is 22.3. The van der Waals surface area contributed by atoms with E-state index in [1.807, 2.05) is 0 Å². The summed E-state index contributed by atoms with van der Waals surface area (Å²) in [5, 5.41) is 3.73. The fraction of sp³-hybridized carbons (Fsp3) is 0.412. The Morgan fingerprint density at radius 1 is 1.03 bits per heavy atom. The van der Waals surface area contributed by atoms with Crippen molar-refractivity contribution in [3.63, 3.8) is 0 Å². The van der Waals surface area contributed by atoms with Gasteiger partial charge in [0.2, 0.25) is 0 Å². The zero-order valence-electron chi connectivity index (χ0n) is 22.3. The van der Waals surface area contributed by atoms with Crippen molar-refractivity contribution in [1.82, 2.24) is 5.32 Å². The predicted molar refractivity (Wildman–Crippen MR) is 153 cm³/mol. The maximum absolute atomic E-state index is 3.73. The normalized spacial score (nSPS) is 21.8. The van der Waals surface area contributed by atoms with E-state index in [1.165, 1.54) is 71.2 Å². The van der Waals surface area contributed by atoms with Crippen molar-refractivity contribution in [3.8, 4) is 0 Å². The van der Waals surface area contributed by atoms with Crippen LogP contribution in [0.25, 0.3) is 0 Å². The Hall–Kier alpha value is -2.80. The van der Waals surface area contributed by atoms with E-state index in [1.54, 1.807) is 5.57 Å². The van der Waals surface area contributed by atoms with E-state index in [2.05, 4.69) is 106 Å². The third-order valence-electron chi connectivity index (χ3n) is 8.06. The number of unbranched alkanes of at least 4 members (excludes halogenated alkanes) is 1. The van der Waals surface area contributed by atoms with E-state index in [0.717, 1.165) is 25.7 Å². The average Bonchev–Trinajstić information content (AvgIpc) is 3.69. The van der Waals surface area contributed by atoms with Gasteiger partial charge >= 0.3 is 0 Å². The first-order valence-corrected chi connectivity index (χ1v) is 13.7. The summed E-state index contributed by atoms with van der Waals surface area (Å²) in [7, 11) is 2.13. The lowest BCUT2D eigenvalue weighted by molar-refractivity contribution is 0.484. The first kappa shape index (κ1) is 25.3. The molecule has 0 aromatic heterocycles. The molecular formula is C34H43N. The summed E-state index contributed by atoms with van der Waals surface area (Å²) in [6.45, 7) is 6.93. The molecule has 0 aromatic rings. The fourth-order valence-corrected chi connectivity index (χ4v) is 5.49. The second kappa shape index (κ2) is 11.8. The van der Waals surface area contributed by atoms with Crippen molar-refractivity contribution in [2.45, 2.75) is 78.6 Å². The Balaban J connectivity index is 1.91. The van der Waals surface area contributed by atoms with Crippen molar-refractivity contribution in [1.29, 1.82) is 0 Å². The lowest BCUT2D eigenvalue weighted by Gasteiger charge is -2.23. The number of likely N-dealkylation sites (N-methyl/N-ethyl adjacent to an activating group) is 1. The molecule has 0 amide bonds. The Morgan fingerprint density at radius 3 is 2.57 bits per heavy atom. The molecule has 0 spiro atoms. The minimum Gasteiger partial charge on any atom is -0.387 e. The maximum atomic E-state index is 3.73. The second-order valence-corrected chi connectivity index (χ2v) is 10.5. The summed E-state index contributed by atoms with van der Waals surface area (Å²) in [6.07, 6.45) is 37.9. The molecule has 4 rings (SSSR count). The molecule has 1 saturated carbocycles. The minimum absolute atomic E-state index is 0.488. The van der Waals surface area contributed by atoms with Crippen LogP contribution < -0.4 is 5.32 Å². The Labute approximate surface area is 213 Å². The van der Waals surface area contributed by atoms with E-state index >= 15 is 0 Å². The van der Waals surface area contributed by atoms with Crippen LogP contribution in [0.3, 0.4) is 0 Å². The maximum Gasteiger partial charge on any atom is 0.0449 e. The van der Waals surface area contributed by atoms with Gasteiger partial charge in [-0.25, -0.2) is 0 Å². The standard InChI is InChI=1S/C34H43N/c1-5-7-11-18-29-24-28-19-14-10-15-20-30(28)31(23-26(3)27-16-12-8-9-13-17-27)33(35-4)32(29)25-34(6-2)21-22-34/h8-16,18-19,23,35H,5-7,17,20-22,24-25H2,1-4H3/b18-11-,26-23+. The van der Waals surface area contributed by atoms with E-state index < -0.39 is 0 Å². The quantitative estimate of drug-likeness (QED) is 0.358. The van der Waals surface area contributed by atoms with Gasteiger partial charge in [-0.15, -0.1) is 0 Å². The van der Waals surface area contributed by atoms with Gasteiger partial charge in [0, 0.05) is 18.3 Å². The first-order valence-electron chi connectivity index (χ1n) is 13.7. The van der Waals surface area contributed by atoms with Crippen LogP contribution in [0.15, 0.2) is 118 Å². The molecule has 0 unspecified atom stereocenters. The van der Waals surface area contributed by atoms with Crippen LogP contribution in [-0.2, 0) is 0 Å². The first-order chi connectivity index (χ1) is 17.1. The van der Waals surface area contributed by atoms with Crippen molar-refractivity contribution >= 4 is 0 Å². The fourth-order valence-electron chi connectivity index (χ4n) is 5.49. The third kappa shape index (κ3) is 6.07. The summed E-state index contributed by atoms with van der Waals surface area (Å²) in [4.78, 5) is 0. The lowest BCUT2D eigenvalue weighted by atomic mass is 9.86. The number of rotatable bonds is 9. The molecule has 1 nitrogen and oxygen atoms in total. The average molecular weight is 466 g/mol. The van der Waals surface area contributed by atoms with Crippen LogP contribution in [0.2, 0.25) is 0 Å². The van der Waals surface area contributed by atoms with Gasteiger partial charge in [0.15, 0.2) is 0 Å². The summed E-state index contributed by atoms with van der Waals surface area (Å²) >= 11 is 0. The van der Waals surface area contributed by atoms with E-state index in [-0.39, 0.29) is 0 Å². The molecule has 0 aromatic carbocycles. The highest BCUT2D eigenvalue weighted by Gasteiger charge is 2.42. The molecule has 184 valence electrons.